The topological polar surface area (TPSA) is 41.6 Å². The first kappa shape index (κ1) is 17.9. The summed E-state index contributed by atoms with van der Waals surface area (Å²) < 4.78 is 5.46. The standard InChI is InChI=1S/C20H23ClN2O2/c21-18-8-6-16(7-9-18)14-20(24)22-15-19(17-4-2-1-3-5-17)23-10-12-25-13-11-23/h1-9,19H,10-15H2,(H,22,24)/t19-/m0/s1. The Morgan fingerprint density at radius 2 is 1.76 bits per heavy atom. The average Bonchev–Trinajstić information content (AvgIpc) is 2.66. The van der Waals surface area contributed by atoms with Crippen LogP contribution in [0.2, 0.25) is 5.02 Å². The lowest BCUT2D eigenvalue weighted by Gasteiger charge is -2.35. The molecule has 1 fully saturated rings. The second-order valence-electron chi connectivity index (χ2n) is 6.18. The number of carbonyl (C=O) groups excluding carboxylic acids is 1. The van der Waals surface area contributed by atoms with Crippen LogP contribution < -0.4 is 5.32 Å². The zero-order valence-corrected chi connectivity index (χ0v) is 14.9. The van der Waals surface area contributed by atoms with E-state index in [1.54, 1.807) is 0 Å². The van der Waals surface area contributed by atoms with Crippen molar-refractivity contribution in [1.82, 2.24) is 10.2 Å². The van der Waals surface area contributed by atoms with Crippen molar-refractivity contribution in [3.05, 3.63) is 70.7 Å². The van der Waals surface area contributed by atoms with Crippen LogP contribution in [-0.2, 0) is 16.0 Å². The zero-order valence-electron chi connectivity index (χ0n) is 14.2. The first-order valence-electron chi connectivity index (χ1n) is 8.60. The van der Waals surface area contributed by atoms with Gasteiger partial charge < -0.3 is 10.1 Å². The highest BCUT2D eigenvalue weighted by molar-refractivity contribution is 6.30. The molecule has 1 heterocycles. The molecule has 0 bridgehead atoms. The normalized spacial score (nSPS) is 16.4. The van der Waals surface area contributed by atoms with Crippen molar-refractivity contribution in [3.8, 4) is 0 Å². The first-order chi connectivity index (χ1) is 12.2. The maximum atomic E-state index is 12.3. The van der Waals surface area contributed by atoms with Crippen LogP contribution in [0.3, 0.4) is 0 Å². The van der Waals surface area contributed by atoms with Crippen molar-refractivity contribution in [3.63, 3.8) is 0 Å². The molecule has 1 amide bonds. The Balaban J connectivity index is 1.61. The summed E-state index contributed by atoms with van der Waals surface area (Å²) >= 11 is 5.89. The number of ether oxygens (including phenoxy) is 1. The second kappa shape index (κ2) is 8.99. The summed E-state index contributed by atoms with van der Waals surface area (Å²) in [5.41, 5.74) is 2.18. The Kier molecular flexibility index (Phi) is 6.45. The lowest BCUT2D eigenvalue weighted by Crippen LogP contribution is -2.44. The number of hydrogen-bond donors (Lipinski definition) is 1. The van der Waals surface area contributed by atoms with Crippen LogP contribution in [0, 0.1) is 0 Å². The molecule has 0 spiro atoms. The first-order valence-corrected chi connectivity index (χ1v) is 8.98. The van der Waals surface area contributed by atoms with Crippen LogP contribution in [0.1, 0.15) is 17.2 Å². The fourth-order valence-electron chi connectivity index (χ4n) is 3.08. The van der Waals surface area contributed by atoms with E-state index in [2.05, 4.69) is 22.3 Å². The molecule has 132 valence electrons. The number of rotatable bonds is 6. The highest BCUT2D eigenvalue weighted by Crippen LogP contribution is 2.21. The fraction of sp³-hybridized carbons (Fsp3) is 0.350. The molecule has 2 aromatic rings. The van der Waals surface area contributed by atoms with Gasteiger partial charge in [-0.05, 0) is 23.3 Å². The minimum atomic E-state index is 0.0245. The predicted molar refractivity (Wildman–Crippen MR) is 99.7 cm³/mol. The monoisotopic (exact) mass is 358 g/mol. The Bertz CT molecular complexity index is 670. The lowest BCUT2D eigenvalue weighted by atomic mass is 10.0. The van der Waals surface area contributed by atoms with Crippen LogP contribution >= 0.6 is 11.6 Å². The molecule has 5 heteroatoms. The predicted octanol–water partition coefficient (Wildman–Crippen LogP) is 3.07. The van der Waals surface area contributed by atoms with Gasteiger partial charge in [-0.15, -0.1) is 0 Å². The highest BCUT2D eigenvalue weighted by Gasteiger charge is 2.23. The van der Waals surface area contributed by atoms with Gasteiger partial charge in [-0.2, -0.15) is 0 Å². The summed E-state index contributed by atoms with van der Waals surface area (Å²) in [7, 11) is 0. The summed E-state index contributed by atoms with van der Waals surface area (Å²) in [6, 6.07) is 17.9. The molecule has 2 aromatic carbocycles. The molecule has 1 aliphatic rings. The van der Waals surface area contributed by atoms with Crippen molar-refractivity contribution in [2.75, 3.05) is 32.8 Å². The number of hydrogen-bond acceptors (Lipinski definition) is 3. The third-order valence-electron chi connectivity index (χ3n) is 4.44. The third kappa shape index (κ3) is 5.30. The molecule has 1 N–H and O–H groups in total. The van der Waals surface area contributed by atoms with E-state index in [4.69, 9.17) is 16.3 Å². The number of benzene rings is 2. The van der Waals surface area contributed by atoms with E-state index >= 15 is 0 Å². The molecule has 1 atom stereocenters. The number of carbonyl (C=O) groups is 1. The molecule has 0 unspecified atom stereocenters. The molecule has 0 saturated carbocycles. The van der Waals surface area contributed by atoms with Gasteiger partial charge >= 0.3 is 0 Å². The Morgan fingerprint density at radius 1 is 1.08 bits per heavy atom. The number of amides is 1. The van der Waals surface area contributed by atoms with Gasteiger partial charge in [-0.25, -0.2) is 0 Å². The van der Waals surface area contributed by atoms with Crippen molar-refractivity contribution in [1.29, 1.82) is 0 Å². The summed E-state index contributed by atoms with van der Waals surface area (Å²) in [6.07, 6.45) is 0.363. The van der Waals surface area contributed by atoms with Crippen LogP contribution in [0.25, 0.3) is 0 Å². The van der Waals surface area contributed by atoms with Crippen molar-refractivity contribution >= 4 is 17.5 Å². The van der Waals surface area contributed by atoms with Crippen molar-refractivity contribution < 1.29 is 9.53 Å². The maximum absolute atomic E-state index is 12.3. The molecule has 25 heavy (non-hydrogen) atoms. The van der Waals surface area contributed by atoms with Gasteiger partial charge in [0.25, 0.3) is 0 Å². The molecule has 0 radical (unpaired) electrons. The van der Waals surface area contributed by atoms with Gasteiger partial charge in [-0.3, -0.25) is 9.69 Å². The van der Waals surface area contributed by atoms with Gasteiger partial charge in [0, 0.05) is 24.7 Å². The van der Waals surface area contributed by atoms with E-state index < -0.39 is 0 Å². The summed E-state index contributed by atoms with van der Waals surface area (Å²) in [4.78, 5) is 14.7. The highest BCUT2D eigenvalue weighted by atomic mass is 35.5. The minimum absolute atomic E-state index is 0.0245. The Hall–Kier alpha value is -1.88. The van der Waals surface area contributed by atoms with E-state index in [9.17, 15) is 4.79 Å². The third-order valence-corrected chi connectivity index (χ3v) is 4.69. The molecule has 4 nitrogen and oxygen atoms in total. The quantitative estimate of drug-likeness (QED) is 0.862. The van der Waals surface area contributed by atoms with Gasteiger partial charge in [0.2, 0.25) is 5.91 Å². The smallest absolute Gasteiger partial charge is 0.224 e. The maximum Gasteiger partial charge on any atom is 0.224 e. The second-order valence-corrected chi connectivity index (χ2v) is 6.62. The lowest BCUT2D eigenvalue weighted by molar-refractivity contribution is -0.120. The van der Waals surface area contributed by atoms with Crippen LogP contribution in [-0.4, -0.2) is 43.7 Å². The van der Waals surface area contributed by atoms with Gasteiger partial charge in [0.15, 0.2) is 0 Å². The van der Waals surface area contributed by atoms with E-state index in [-0.39, 0.29) is 11.9 Å². The van der Waals surface area contributed by atoms with Crippen molar-refractivity contribution in [2.45, 2.75) is 12.5 Å². The molecular weight excluding hydrogens is 336 g/mol. The number of halogens is 1. The van der Waals surface area contributed by atoms with E-state index in [0.717, 1.165) is 31.9 Å². The largest absolute Gasteiger partial charge is 0.379 e. The number of nitrogens with one attached hydrogen (secondary N) is 1. The molecular formula is C20H23ClN2O2. The molecule has 1 saturated heterocycles. The van der Waals surface area contributed by atoms with E-state index in [0.29, 0.717) is 18.0 Å². The van der Waals surface area contributed by atoms with Gasteiger partial charge in [0.05, 0.1) is 25.7 Å². The van der Waals surface area contributed by atoms with Crippen LogP contribution in [0.5, 0.6) is 0 Å². The van der Waals surface area contributed by atoms with Crippen LogP contribution in [0.15, 0.2) is 54.6 Å². The SMILES string of the molecule is O=C(Cc1ccc(Cl)cc1)NC[C@@H](c1ccccc1)N1CCOCC1. The Labute approximate surface area is 153 Å². The van der Waals surface area contributed by atoms with Crippen molar-refractivity contribution in [2.24, 2.45) is 0 Å². The fourth-order valence-corrected chi connectivity index (χ4v) is 3.21. The van der Waals surface area contributed by atoms with E-state index in [1.807, 2.05) is 42.5 Å². The summed E-state index contributed by atoms with van der Waals surface area (Å²) in [5, 5.41) is 3.77. The van der Waals surface area contributed by atoms with E-state index in [1.165, 1.54) is 5.56 Å². The summed E-state index contributed by atoms with van der Waals surface area (Å²) in [5.74, 6) is 0.0245. The number of nitrogens with zero attached hydrogens (tertiary/aromatic N) is 1. The Morgan fingerprint density at radius 3 is 2.44 bits per heavy atom. The van der Waals surface area contributed by atoms with Gasteiger partial charge in [-0.1, -0.05) is 54.1 Å². The minimum Gasteiger partial charge on any atom is -0.379 e. The molecule has 3 rings (SSSR count). The molecule has 0 aromatic heterocycles. The van der Waals surface area contributed by atoms with Crippen LogP contribution in [0.4, 0.5) is 0 Å². The number of morpholine rings is 1. The average molecular weight is 359 g/mol. The van der Waals surface area contributed by atoms with Gasteiger partial charge in [0.1, 0.15) is 0 Å². The molecule has 1 aliphatic heterocycles. The zero-order chi connectivity index (χ0) is 17.5. The molecule has 0 aliphatic carbocycles. The summed E-state index contributed by atoms with van der Waals surface area (Å²) in [6.45, 7) is 3.83.